The lowest BCUT2D eigenvalue weighted by molar-refractivity contribution is 0.0526. The number of nitrogen functional groups attached to an aromatic ring is 1. The predicted molar refractivity (Wildman–Crippen MR) is 76.7 cm³/mol. The highest BCUT2D eigenvalue weighted by atomic mass is 16.5. The number of ether oxygens (including phenoxy) is 1. The SMILES string of the molecule is CCOC(=O)c1cccc(Cc2n[nH]c(N)c2C(N)=O)c1. The molecule has 1 amide bonds. The molecule has 1 aromatic heterocycles. The van der Waals surface area contributed by atoms with E-state index in [1.807, 2.05) is 6.07 Å². The van der Waals surface area contributed by atoms with Gasteiger partial charge in [-0.15, -0.1) is 0 Å². The molecular weight excluding hydrogens is 272 g/mol. The molecule has 2 aromatic rings. The molecule has 0 aliphatic heterocycles. The maximum atomic E-state index is 11.7. The molecule has 0 radical (unpaired) electrons. The topological polar surface area (TPSA) is 124 Å². The number of benzene rings is 1. The number of nitrogens with two attached hydrogens (primary N) is 2. The van der Waals surface area contributed by atoms with E-state index in [4.69, 9.17) is 16.2 Å². The first kappa shape index (κ1) is 14.6. The van der Waals surface area contributed by atoms with Gasteiger partial charge < -0.3 is 16.2 Å². The number of hydrogen-bond acceptors (Lipinski definition) is 5. The summed E-state index contributed by atoms with van der Waals surface area (Å²) in [5, 5.41) is 6.51. The van der Waals surface area contributed by atoms with Crippen molar-refractivity contribution in [2.75, 3.05) is 12.3 Å². The third kappa shape index (κ3) is 3.19. The van der Waals surface area contributed by atoms with Gasteiger partial charge in [0.15, 0.2) is 0 Å². The zero-order valence-corrected chi connectivity index (χ0v) is 11.6. The summed E-state index contributed by atoms with van der Waals surface area (Å²) in [6, 6.07) is 6.91. The smallest absolute Gasteiger partial charge is 0.338 e. The molecule has 5 N–H and O–H groups in total. The van der Waals surface area contributed by atoms with Gasteiger partial charge in [0.2, 0.25) is 0 Å². The molecule has 7 heteroatoms. The van der Waals surface area contributed by atoms with E-state index < -0.39 is 11.9 Å². The number of esters is 1. The number of primary amides is 1. The van der Waals surface area contributed by atoms with Crippen LogP contribution in [0.25, 0.3) is 0 Å². The van der Waals surface area contributed by atoms with Crippen molar-refractivity contribution in [3.63, 3.8) is 0 Å². The average Bonchev–Trinajstić information content (AvgIpc) is 2.80. The van der Waals surface area contributed by atoms with Gasteiger partial charge in [-0.1, -0.05) is 12.1 Å². The lowest BCUT2D eigenvalue weighted by Gasteiger charge is -2.05. The molecule has 2 rings (SSSR count). The van der Waals surface area contributed by atoms with E-state index in [0.29, 0.717) is 24.3 Å². The number of aromatic nitrogens is 2. The van der Waals surface area contributed by atoms with Crippen molar-refractivity contribution in [1.29, 1.82) is 0 Å². The highest BCUT2D eigenvalue weighted by Gasteiger charge is 2.17. The Morgan fingerprint density at radius 3 is 2.81 bits per heavy atom. The number of carbonyl (C=O) groups excluding carboxylic acids is 2. The molecule has 0 aliphatic rings. The van der Waals surface area contributed by atoms with Gasteiger partial charge in [-0.05, 0) is 24.6 Å². The Balaban J connectivity index is 2.26. The fourth-order valence-electron chi connectivity index (χ4n) is 2.01. The zero-order chi connectivity index (χ0) is 15.4. The van der Waals surface area contributed by atoms with E-state index in [1.54, 1.807) is 25.1 Å². The van der Waals surface area contributed by atoms with Crippen LogP contribution in [0.4, 0.5) is 5.82 Å². The Hall–Kier alpha value is -2.83. The molecule has 0 bridgehead atoms. The number of amides is 1. The second-order valence-corrected chi connectivity index (χ2v) is 4.42. The monoisotopic (exact) mass is 288 g/mol. The van der Waals surface area contributed by atoms with Crippen LogP contribution < -0.4 is 11.5 Å². The largest absolute Gasteiger partial charge is 0.462 e. The summed E-state index contributed by atoms with van der Waals surface area (Å²) < 4.78 is 4.94. The third-order valence-electron chi connectivity index (χ3n) is 2.93. The van der Waals surface area contributed by atoms with Crippen molar-refractivity contribution < 1.29 is 14.3 Å². The molecule has 0 spiro atoms. The fraction of sp³-hybridized carbons (Fsp3) is 0.214. The van der Waals surface area contributed by atoms with Gasteiger partial charge in [-0.2, -0.15) is 5.10 Å². The lowest BCUT2D eigenvalue weighted by atomic mass is 10.0. The number of nitrogens with zero attached hydrogens (tertiary/aromatic N) is 1. The van der Waals surface area contributed by atoms with Crippen molar-refractivity contribution in [2.45, 2.75) is 13.3 Å². The minimum Gasteiger partial charge on any atom is -0.462 e. The molecule has 0 aliphatic carbocycles. The molecule has 0 unspecified atom stereocenters. The van der Waals surface area contributed by atoms with E-state index in [-0.39, 0.29) is 11.4 Å². The van der Waals surface area contributed by atoms with Crippen LogP contribution >= 0.6 is 0 Å². The molecule has 21 heavy (non-hydrogen) atoms. The van der Waals surface area contributed by atoms with Crippen LogP contribution in [-0.2, 0) is 11.2 Å². The first-order valence-electron chi connectivity index (χ1n) is 6.41. The molecule has 0 fully saturated rings. The number of carbonyl (C=O) groups is 2. The number of aromatic amines is 1. The minimum atomic E-state index is -0.641. The lowest BCUT2D eigenvalue weighted by Crippen LogP contribution is -2.14. The average molecular weight is 288 g/mol. The summed E-state index contributed by atoms with van der Waals surface area (Å²) in [5.74, 6) is -0.895. The van der Waals surface area contributed by atoms with Crippen LogP contribution in [0.2, 0.25) is 0 Å². The summed E-state index contributed by atoms with van der Waals surface area (Å²) in [7, 11) is 0. The second-order valence-electron chi connectivity index (χ2n) is 4.42. The standard InChI is InChI=1S/C14H16N4O3/c1-2-21-14(20)9-5-3-4-8(6-9)7-10-11(13(16)19)12(15)18-17-10/h3-6H,2,7H2,1H3,(H2,16,19)(H3,15,17,18). The Morgan fingerprint density at radius 1 is 1.38 bits per heavy atom. The van der Waals surface area contributed by atoms with Crippen LogP contribution in [0.5, 0.6) is 0 Å². The van der Waals surface area contributed by atoms with Gasteiger partial charge in [0, 0.05) is 6.42 Å². The van der Waals surface area contributed by atoms with Crippen LogP contribution in [0.3, 0.4) is 0 Å². The molecule has 0 saturated carbocycles. The molecule has 0 atom stereocenters. The highest BCUT2D eigenvalue weighted by Crippen LogP contribution is 2.17. The summed E-state index contributed by atoms with van der Waals surface area (Å²) >= 11 is 0. The first-order chi connectivity index (χ1) is 10.0. The van der Waals surface area contributed by atoms with Crippen LogP contribution in [-0.4, -0.2) is 28.7 Å². The summed E-state index contributed by atoms with van der Waals surface area (Å²) in [5.41, 5.74) is 12.8. The maximum absolute atomic E-state index is 11.7. The molecule has 1 heterocycles. The number of nitrogens with one attached hydrogen (secondary N) is 1. The Bertz CT molecular complexity index is 679. The van der Waals surface area contributed by atoms with E-state index >= 15 is 0 Å². The van der Waals surface area contributed by atoms with Crippen LogP contribution in [0, 0.1) is 0 Å². The van der Waals surface area contributed by atoms with E-state index in [2.05, 4.69) is 10.2 Å². The van der Waals surface area contributed by atoms with Gasteiger partial charge in [-0.3, -0.25) is 9.89 Å². The van der Waals surface area contributed by atoms with Crippen molar-refractivity contribution in [2.24, 2.45) is 5.73 Å². The second kappa shape index (κ2) is 6.08. The molecule has 110 valence electrons. The first-order valence-corrected chi connectivity index (χ1v) is 6.41. The quantitative estimate of drug-likeness (QED) is 0.704. The third-order valence-corrected chi connectivity index (χ3v) is 2.93. The number of hydrogen-bond donors (Lipinski definition) is 3. The minimum absolute atomic E-state index is 0.138. The summed E-state index contributed by atoms with van der Waals surface area (Å²) in [6.07, 6.45) is 0.333. The Labute approximate surface area is 121 Å². The molecule has 1 aromatic carbocycles. The molecular formula is C14H16N4O3. The number of rotatable bonds is 5. The van der Waals surface area contributed by atoms with Gasteiger partial charge in [0.25, 0.3) is 5.91 Å². The van der Waals surface area contributed by atoms with E-state index in [9.17, 15) is 9.59 Å². The van der Waals surface area contributed by atoms with Gasteiger partial charge in [-0.25, -0.2) is 4.79 Å². The normalized spacial score (nSPS) is 10.3. The van der Waals surface area contributed by atoms with Crippen LogP contribution in [0.15, 0.2) is 24.3 Å². The maximum Gasteiger partial charge on any atom is 0.338 e. The van der Waals surface area contributed by atoms with Crippen molar-refractivity contribution in [3.05, 3.63) is 46.6 Å². The van der Waals surface area contributed by atoms with E-state index in [0.717, 1.165) is 5.56 Å². The van der Waals surface area contributed by atoms with Crippen LogP contribution in [0.1, 0.15) is 38.9 Å². The van der Waals surface area contributed by atoms with Crippen molar-refractivity contribution in [3.8, 4) is 0 Å². The molecule has 0 saturated heterocycles. The van der Waals surface area contributed by atoms with E-state index in [1.165, 1.54) is 0 Å². The summed E-state index contributed by atoms with van der Waals surface area (Å²) in [6.45, 7) is 2.05. The number of anilines is 1. The fourth-order valence-corrected chi connectivity index (χ4v) is 2.01. The Morgan fingerprint density at radius 2 is 2.14 bits per heavy atom. The highest BCUT2D eigenvalue weighted by molar-refractivity contribution is 5.98. The van der Waals surface area contributed by atoms with Gasteiger partial charge in [0.1, 0.15) is 11.4 Å². The van der Waals surface area contributed by atoms with Crippen molar-refractivity contribution >= 4 is 17.7 Å². The summed E-state index contributed by atoms with van der Waals surface area (Å²) in [4.78, 5) is 23.1. The van der Waals surface area contributed by atoms with Gasteiger partial charge in [0.05, 0.1) is 17.9 Å². The Kier molecular flexibility index (Phi) is 4.22. The predicted octanol–water partition coefficient (Wildman–Crippen LogP) is 0.858. The number of H-pyrrole nitrogens is 1. The zero-order valence-electron chi connectivity index (χ0n) is 11.6. The molecule has 7 nitrogen and oxygen atoms in total. The van der Waals surface area contributed by atoms with Gasteiger partial charge >= 0.3 is 5.97 Å². The van der Waals surface area contributed by atoms with Crippen molar-refractivity contribution in [1.82, 2.24) is 10.2 Å².